The van der Waals surface area contributed by atoms with Gasteiger partial charge in [0.05, 0.1) is 12.1 Å². The first kappa shape index (κ1) is 12.5. The van der Waals surface area contributed by atoms with Crippen molar-refractivity contribution < 1.29 is 14.6 Å². The van der Waals surface area contributed by atoms with Gasteiger partial charge in [-0.25, -0.2) is 0 Å². The van der Waals surface area contributed by atoms with Crippen molar-refractivity contribution in [1.82, 2.24) is 5.32 Å². The first-order valence-electron chi connectivity index (χ1n) is 5.53. The molecule has 2 N–H and O–H groups in total. The summed E-state index contributed by atoms with van der Waals surface area (Å²) in [6, 6.07) is 0. The average molecular weight is 215 g/mol. The van der Waals surface area contributed by atoms with Gasteiger partial charge in [0.2, 0.25) is 5.91 Å². The molecule has 0 heterocycles. The van der Waals surface area contributed by atoms with Crippen LogP contribution in [0.3, 0.4) is 0 Å². The standard InChI is InChI=1S/C11H21NO3/c1-9(7-15-2)6-10(14)12-11(8-13)4-3-5-11/h9,13H,3-8H2,1-2H3,(H,12,14). The van der Waals surface area contributed by atoms with Gasteiger partial charge >= 0.3 is 0 Å². The van der Waals surface area contributed by atoms with Gasteiger partial charge in [-0.3, -0.25) is 4.79 Å². The molecule has 15 heavy (non-hydrogen) atoms. The highest BCUT2D eigenvalue weighted by molar-refractivity contribution is 5.77. The van der Waals surface area contributed by atoms with E-state index in [0.717, 1.165) is 19.3 Å². The molecule has 1 amide bonds. The van der Waals surface area contributed by atoms with Crippen LogP contribution in [-0.2, 0) is 9.53 Å². The zero-order valence-corrected chi connectivity index (χ0v) is 9.58. The zero-order chi connectivity index (χ0) is 11.3. The summed E-state index contributed by atoms with van der Waals surface area (Å²) >= 11 is 0. The van der Waals surface area contributed by atoms with Crippen LogP contribution in [0.15, 0.2) is 0 Å². The Morgan fingerprint density at radius 3 is 2.67 bits per heavy atom. The number of hydrogen-bond donors (Lipinski definition) is 2. The molecule has 1 aliphatic rings. The molecule has 1 rings (SSSR count). The first-order chi connectivity index (χ1) is 7.12. The molecule has 1 atom stereocenters. The minimum atomic E-state index is -0.316. The van der Waals surface area contributed by atoms with Gasteiger partial charge < -0.3 is 15.2 Å². The lowest BCUT2D eigenvalue weighted by molar-refractivity contribution is -0.126. The van der Waals surface area contributed by atoms with E-state index in [4.69, 9.17) is 4.74 Å². The number of aliphatic hydroxyl groups is 1. The molecule has 1 saturated carbocycles. The summed E-state index contributed by atoms with van der Waals surface area (Å²) in [6.07, 6.45) is 3.35. The van der Waals surface area contributed by atoms with E-state index in [0.29, 0.717) is 13.0 Å². The van der Waals surface area contributed by atoms with Gasteiger partial charge in [-0.05, 0) is 25.2 Å². The SMILES string of the molecule is COCC(C)CC(=O)NC1(CO)CCC1. The molecular weight excluding hydrogens is 194 g/mol. The molecule has 0 aromatic rings. The largest absolute Gasteiger partial charge is 0.394 e. The van der Waals surface area contributed by atoms with Gasteiger partial charge in [-0.15, -0.1) is 0 Å². The van der Waals surface area contributed by atoms with Crippen molar-refractivity contribution in [3.05, 3.63) is 0 Å². The van der Waals surface area contributed by atoms with Crippen LogP contribution >= 0.6 is 0 Å². The number of carbonyl (C=O) groups is 1. The fourth-order valence-electron chi connectivity index (χ4n) is 1.93. The van der Waals surface area contributed by atoms with Crippen LogP contribution in [0.1, 0.15) is 32.6 Å². The maximum Gasteiger partial charge on any atom is 0.220 e. The van der Waals surface area contributed by atoms with E-state index < -0.39 is 0 Å². The van der Waals surface area contributed by atoms with Gasteiger partial charge in [0.1, 0.15) is 0 Å². The summed E-state index contributed by atoms with van der Waals surface area (Å²) in [5.74, 6) is 0.249. The lowest BCUT2D eigenvalue weighted by Gasteiger charge is -2.41. The van der Waals surface area contributed by atoms with Crippen molar-refractivity contribution in [1.29, 1.82) is 0 Å². The maximum atomic E-state index is 11.6. The first-order valence-corrected chi connectivity index (χ1v) is 5.53. The van der Waals surface area contributed by atoms with Gasteiger partial charge in [0.15, 0.2) is 0 Å². The molecular formula is C11H21NO3. The van der Waals surface area contributed by atoms with Crippen molar-refractivity contribution in [3.8, 4) is 0 Å². The van der Waals surface area contributed by atoms with Gasteiger partial charge in [-0.2, -0.15) is 0 Å². The molecule has 1 aliphatic carbocycles. The van der Waals surface area contributed by atoms with Crippen LogP contribution < -0.4 is 5.32 Å². The Morgan fingerprint density at radius 2 is 2.27 bits per heavy atom. The molecule has 1 fully saturated rings. The van der Waals surface area contributed by atoms with E-state index in [1.165, 1.54) is 0 Å². The van der Waals surface area contributed by atoms with Crippen molar-refractivity contribution in [3.63, 3.8) is 0 Å². The van der Waals surface area contributed by atoms with Crippen LogP contribution in [0.4, 0.5) is 0 Å². The molecule has 88 valence electrons. The third kappa shape index (κ3) is 3.47. The Morgan fingerprint density at radius 1 is 1.60 bits per heavy atom. The molecule has 0 aromatic carbocycles. The number of ether oxygens (including phenoxy) is 1. The number of amides is 1. The van der Waals surface area contributed by atoms with Gasteiger partial charge in [0, 0.05) is 20.1 Å². The second kappa shape index (κ2) is 5.47. The number of aliphatic hydroxyl groups excluding tert-OH is 1. The molecule has 4 heteroatoms. The van der Waals surface area contributed by atoms with E-state index in [9.17, 15) is 9.90 Å². The molecule has 0 radical (unpaired) electrons. The summed E-state index contributed by atoms with van der Waals surface area (Å²) in [5.41, 5.74) is -0.316. The second-order valence-electron chi connectivity index (χ2n) is 4.60. The van der Waals surface area contributed by atoms with Crippen molar-refractivity contribution in [2.75, 3.05) is 20.3 Å². The Bertz CT molecular complexity index is 208. The lowest BCUT2D eigenvalue weighted by atomic mass is 9.77. The van der Waals surface area contributed by atoms with E-state index in [1.54, 1.807) is 7.11 Å². The number of rotatable bonds is 6. The van der Waals surface area contributed by atoms with Crippen molar-refractivity contribution in [2.45, 2.75) is 38.1 Å². The third-order valence-electron chi connectivity index (χ3n) is 3.00. The fourth-order valence-corrected chi connectivity index (χ4v) is 1.93. The van der Waals surface area contributed by atoms with Crippen molar-refractivity contribution >= 4 is 5.91 Å². The fraction of sp³-hybridized carbons (Fsp3) is 0.909. The highest BCUT2D eigenvalue weighted by Crippen LogP contribution is 2.31. The van der Waals surface area contributed by atoms with Gasteiger partial charge in [0.25, 0.3) is 0 Å². The smallest absolute Gasteiger partial charge is 0.220 e. The molecule has 0 aliphatic heterocycles. The van der Waals surface area contributed by atoms with E-state index >= 15 is 0 Å². The van der Waals surface area contributed by atoms with Crippen LogP contribution in [0, 0.1) is 5.92 Å². The molecule has 0 spiro atoms. The number of carbonyl (C=O) groups excluding carboxylic acids is 1. The highest BCUT2D eigenvalue weighted by Gasteiger charge is 2.37. The summed E-state index contributed by atoms with van der Waals surface area (Å²) in [5, 5.41) is 12.1. The Kier molecular flexibility index (Phi) is 4.54. The average Bonchev–Trinajstić information content (AvgIpc) is 2.11. The summed E-state index contributed by atoms with van der Waals surface area (Å²) in [6.45, 7) is 2.63. The van der Waals surface area contributed by atoms with Crippen molar-refractivity contribution in [2.24, 2.45) is 5.92 Å². The van der Waals surface area contributed by atoms with Crippen LogP contribution in [0.25, 0.3) is 0 Å². The lowest BCUT2D eigenvalue weighted by Crippen LogP contribution is -2.56. The normalized spacial score (nSPS) is 20.5. The predicted molar refractivity (Wildman–Crippen MR) is 57.5 cm³/mol. The highest BCUT2D eigenvalue weighted by atomic mass is 16.5. The molecule has 1 unspecified atom stereocenters. The quantitative estimate of drug-likeness (QED) is 0.685. The summed E-state index contributed by atoms with van der Waals surface area (Å²) in [4.78, 5) is 11.6. The zero-order valence-electron chi connectivity index (χ0n) is 9.58. The topological polar surface area (TPSA) is 58.6 Å². The molecule has 0 saturated heterocycles. The Hall–Kier alpha value is -0.610. The van der Waals surface area contributed by atoms with Crippen LogP contribution in [0.5, 0.6) is 0 Å². The van der Waals surface area contributed by atoms with E-state index in [2.05, 4.69) is 5.32 Å². The summed E-state index contributed by atoms with van der Waals surface area (Å²) in [7, 11) is 1.63. The van der Waals surface area contributed by atoms with Crippen LogP contribution in [-0.4, -0.2) is 36.9 Å². The third-order valence-corrected chi connectivity index (χ3v) is 3.00. The number of methoxy groups -OCH3 is 1. The monoisotopic (exact) mass is 215 g/mol. The number of nitrogens with one attached hydrogen (secondary N) is 1. The Balaban J connectivity index is 2.28. The predicted octanol–water partition coefficient (Wildman–Crippen LogP) is 0.690. The minimum absolute atomic E-state index is 0.0216. The van der Waals surface area contributed by atoms with Crippen LogP contribution in [0.2, 0.25) is 0 Å². The number of hydrogen-bond acceptors (Lipinski definition) is 3. The second-order valence-corrected chi connectivity index (χ2v) is 4.60. The van der Waals surface area contributed by atoms with E-state index in [1.807, 2.05) is 6.92 Å². The maximum absolute atomic E-state index is 11.6. The summed E-state index contributed by atoms with van der Waals surface area (Å²) < 4.78 is 4.97. The van der Waals surface area contributed by atoms with Gasteiger partial charge in [-0.1, -0.05) is 6.92 Å². The molecule has 0 bridgehead atoms. The molecule has 4 nitrogen and oxygen atoms in total. The minimum Gasteiger partial charge on any atom is -0.394 e. The molecule has 0 aromatic heterocycles. The van der Waals surface area contributed by atoms with E-state index in [-0.39, 0.29) is 24.0 Å². The Labute approximate surface area is 91.0 Å².